The maximum Gasteiger partial charge on any atom is 0.408 e. The van der Waals surface area contributed by atoms with Gasteiger partial charge in [0.05, 0.1) is 6.54 Å². The number of carboxylic acids is 1. The average Bonchev–Trinajstić information content (AvgIpc) is 3.31. The highest BCUT2D eigenvalue weighted by molar-refractivity contribution is 6.46. The smallest absolute Gasteiger partial charge is 0.408 e. The zero-order valence-corrected chi connectivity index (χ0v) is 25.3. The number of alkyl carbamates (subject to hydrolysis) is 1. The molecule has 5 atom stereocenters. The van der Waals surface area contributed by atoms with Crippen LogP contribution in [0.5, 0.6) is 0 Å². The Bertz CT molecular complexity index is 1390. The van der Waals surface area contributed by atoms with Crippen LogP contribution in [0, 0.1) is 5.92 Å². The Kier molecular flexibility index (Phi) is 8.55. The van der Waals surface area contributed by atoms with E-state index in [1.165, 1.54) is 4.90 Å². The molecule has 12 heteroatoms. The van der Waals surface area contributed by atoms with Crippen LogP contribution >= 0.6 is 0 Å². The second-order valence-electron chi connectivity index (χ2n) is 13.2. The Labute approximate surface area is 256 Å². The standard InChI is InChI=1S/C32H40N4O8/c1-30(2,3)43-29(42)33-22-15-11-6-4-5-10-14-21-16-32(21,28(40)41)34-26(38)24-18-31(19-36(24)27(22)39)17-23(35-44-31)25(37)20-12-8-7-9-13-20/h7-10,12-14,21-22,24H,4-6,11,15-19H2,1-3H3,(H,33,42)(H,34,38)(H,40,41)/b14-10-/t21-,22+,24+,31-,32-/m1/s1. The monoisotopic (exact) mass is 608 g/mol. The second-order valence-corrected chi connectivity index (χ2v) is 13.2. The molecule has 5 rings (SSSR count). The summed E-state index contributed by atoms with van der Waals surface area (Å²) in [5.74, 6) is -2.97. The van der Waals surface area contributed by atoms with Crippen molar-refractivity contribution in [1.82, 2.24) is 15.5 Å². The van der Waals surface area contributed by atoms with Crippen LogP contribution in [-0.4, -0.2) is 80.7 Å². The maximum absolute atomic E-state index is 14.2. The van der Waals surface area contributed by atoms with Crippen LogP contribution in [0.2, 0.25) is 0 Å². The quantitative estimate of drug-likeness (QED) is 0.346. The molecule has 1 aromatic rings. The Hall–Kier alpha value is -4.22. The number of rotatable bonds is 4. The van der Waals surface area contributed by atoms with E-state index >= 15 is 0 Å². The SMILES string of the molecule is CC(C)(C)OC(=O)N[C@H]1CCCCC/C=C\[C@@H]2C[C@@]2(C(=O)O)NC(=O)[C@@H]2C[C@]3(CC(C(=O)c4ccccc4)=NO3)CN2C1=O. The highest BCUT2D eigenvalue weighted by Crippen LogP contribution is 2.46. The van der Waals surface area contributed by atoms with Gasteiger partial charge in [0, 0.05) is 24.3 Å². The van der Waals surface area contributed by atoms with Gasteiger partial charge in [0.2, 0.25) is 17.6 Å². The first-order valence-electron chi connectivity index (χ1n) is 15.2. The van der Waals surface area contributed by atoms with Crippen molar-refractivity contribution in [2.24, 2.45) is 11.1 Å². The first kappa shape index (κ1) is 31.2. The molecule has 0 aromatic heterocycles. The molecule has 4 aliphatic rings. The van der Waals surface area contributed by atoms with Gasteiger partial charge in [0.25, 0.3) is 0 Å². The number of oxime groups is 1. The summed E-state index contributed by atoms with van der Waals surface area (Å²) >= 11 is 0. The van der Waals surface area contributed by atoms with Crippen molar-refractivity contribution in [2.45, 2.75) is 101 Å². The number of amides is 3. The van der Waals surface area contributed by atoms with E-state index in [9.17, 15) is 29.1 Å². The van der Waals surface area contributed by atoms with Gasteiger partial charge in [-0.3, -0.25) is 14.4 Å². The second kappa shape index (κ2) is 12.0. The minimum Gasteiger partial charge on any atom is -0.479 e. The lowest BCUT2D eigenvalue weighted by atomic mass is 9.91. The van der Waals surface area contributed by atoms with Crippen molar-refractivity contribution in [3.05, 3.63) is 48.0 Å². The van der Waals surface area contributed by atoms with Crippen LogP contribution < -0.4 is 10.6 Å². The predicted octanol–water partition coefficient (Wildman–Crippen LogP) is 3.36. The number of hydrogen-bond donors (Lipinski definition) is 3. The Balaban J connectivity index is 1.43. The van der Waals surface area contributed by atoms with Crippen LogP contribution in [-0.2, 0) is 24.0 Å². The summed E-state index contributed by atoms with van der Waals surface area (Å²) in [5.41, 5.74) is -2.81. The van der Waals surface area contributed by atoms with E-state index in [1.54, 1.807) is 51.1 Å². The molecule has 1 aliphatic carbocycles. The summed E-state index contributed by atoms with van der Waals surface area (Å²) in [6, 6.07) is 6.51. The number of allylic oxidation sites excluding steroid dienone is 1. The molecule has 12 nitrogen and oxygen atoms in total. The third kappa shape index (κ3) is 6.63. The Morgan fingerprint density at radius 3 is 2.57 bits per heavy atom. The van der Waals surface area contributed by atoms with Crippen LogP contribution in [0.3, 0.4) is 0 Å². The molecule has 0 unspecified atom stereocenters. The predicted molar refractivity (Wildman–Crippen MR) is 159 cm³/mol. The normalized spacial score (nSPS) is 31.3. The van der Waals surface area contributed by atoms with Crippen molar-refractivity contribution < 1.29 is 38.7 Å². The number of nitrogens with one attached hydrogen (secondary N) is 2. The lowest BCUT2D eigenvalue weighted by Gasteiger charge is -2.30. The molecule has 3 aliphatic heterocycles. The molecule has 1 saturated heterocycles. The lowest BCUT2D eigenvalue weighted by Crippen LogP contribution is -2.56. The van der Waals surface area contributed by atoms with Crippen molar-refractivity contribution in [2.75, 3.05) is 6.54 Å². The summed E-state index contributed by atoms with van der Waals surface area (Å²) in [4.78, 5) is 73.5. The van der Waals surface area contributed by atoms with Crippen molar-refractivity contribution in [1.29, 1.82) is 0 Å². The van der Waals surface area contributed by atoms with Gasteiger partial charge < -0.3 is 30.2 Å². The van der Waals surface area contributed by atoms with E-state index in [0.29, 0.717) is 18.4 Å². The highest BCUT2D eigenvalue weighted by atomic mass is 16.7. The Morgan fingerprint density at radius 2 is 1.86 bits per heavy atom. The topological polar surface area (TPSA) is 164 Å². The molecular formula is C32H40N4O8. The molecule has 1 saturated carbocycles. The van der Waals surface area contributed by atoms with Gasteiger partial charge in [-0.15, -0.1) is 0 Å². The Morgan fingerprint density at radius 1 is 1.11 bits per heavy atom. The zero-order valence-electron chi connectivity index (χ0n) is 25.3. The van der Waals surface area contributed by atoms with Crippen LogP contribution in [0.1, 0.15) is 82.5 Å². The molecule has 3 amide bonds. The van der Waals surface area contributed by atoms with Crippen LogP contribution in [0.4, 0.5) is 4.79 Å². The number of carboxylic acid groups (broad SMARTS) is 1. The number of aliphatic carboxylic acids is 1. The largest absolute Gasteiger partial charge is 0.479 e. The summed E-state index contributed by atoms with van der Waals surface area (Å²) in [7, 11) is 0. The zero-order chi connectivity index (χ0) is 31.7. The highest BCUT2D eigenvalue weighted by Gasteiger charge is 2.62. The number of ketones is 1. The molecule has 2 fully saturated rings. The first-order chi connectivity index (χ1) is 20.8. The van der Waals surface area contributed by atoms with E-state index in [-0.39, 0.29) is 43.2 Å². The molecule has 3 N–H and O–H groups in total. The molecule has 1 aromatic carbocycles. The molecular weight excluding hydrogens is 568 g/mol. The summed E-state index contributed by atoms with van der Waals surface area (Å²) < 4.78 is 5.43. The van der Waals surface area contributed by atoms with Crippen LogP contribution in [0.25, 0.3) is 0 Å². The number of hydrogen-bond acceptors (Lipinski definition) is 8. The van der Waals surface area contributed by atoms with E-state index < -0.39 is 52.7 Å². The first-order valence-corrected chi connectivity index (χ1v) is 15.2. The third-order valence-corrected chi connectivity index (χ3v) is 8.59. The van der Waals surface area contributed by atoms with Gasteiger partial charge >= 0.3 is 12.1 Å². The molecule has 0 bridgehead atoms. The van der Waals surface area contributed by atoms with Gasteiger partial charge in [0.15, 0.2) is 5.60 Å². The van der Waals surface area contributed by atoms with Crippen LogP contribution in [0.15, 0.2) is 47.6 Å². The van der Waals surface area contributed by atoms with Gasteiger partial charge in [-0.05, 0) is 46.5 Å². The summed E-state index contributed by atoms with van der Waals surface area (Å²) in [6.07, 6.45) is 6.61. The molecule has 0 radical (unpaired) electrons. The van der Waals surface area contributed by atoms with Crippen molar-refractivity contribution >= 4 is 35.4 Å². The fraction of sp³-hybridized carbons (Fsp3) is 0.562. The molecule has 1 spiro atoms. The van der Waals surface area contributed by atoms with Gasteiger partial charge in [-0.2, -0.15) is 0 Å². The van der Waals surface area contributed by atoms with E-state index in [4.69, 9.17) is 9.57 Å². The minimum absolute atomic E-state index is 0.00495. The van der Waals surface area contributed by atoms with Crippen molar-refractivity contribution in [3.63, 3.8) is 0 Å². The maximum atomic E-state index is 14.2. The number of ether oxygens (including phenoxy) is 1. The number of carbonyl (C=O) groups excluding carboxylic acids is 4. The van der Waals surface area contributed by atoms with E-state index in [1.807, 2.05) is 12.2 Å². The fourth-order valence-electron chi connectivity index (χ4n) is 6.23. The molecule has 3 heterocycles. The minimum atomic E-state index is -1.46. The number of fused-ring (bicyclic) bond motifs is 2. The number of Topliss-reactive ketones (excluding diaryl/α,β-unsaturated/α-hetero) is 1. The fourth-order valence-corrected chi connectivity index (χ4v) is 6.23. The van der Waals surface area contributed by atoms with Gasteiger partial charge in [0.1, 0.15) is 28.9 Å². The third-order valence-electron chi connectivity index (χ3n) is 8.59. The van der Waals surface area contributed by atoms with Gasteiger partial charge in [-0.1, -0.05) is 60.5 Å². The average molecular weight is 609 g/mol. The number of benzene rings is 1. The van der Waals surface area contributed by atoms with Crippen molar-refractivity contribution in [3.8, 4) is 0 Å². The lowest BCUT2D eigenvalue weighted by molar-refractivity contribution is -0.145. The number of carbonyl (C=O) groups is 5. The summed E-state index contributed by atoms with van der Waals surface area (Å²) in [5, 5.41) is 19.6. The summed E-state index contributed by atoms with van der Waals surface area (Å²) in [6.45, 7) is 5.09. The van der Waals surface area contributed by atoms with E-state index in [0.717, 1.165) is 19.3 Å². The van der Waals surface area contributed by atoms with Gasteiger partial charge in [-0.25, -0.2) is 9.59 Å². The van der Waals surface area contributed by atoms with E-state index in [2.05, 4.69) is 15.8 Å². The molecule has 236 valence electrons. The molecule has 44 heavy (non-hydrogen) atoms. The number of nitrogens with zero attached hydrogens (tertiary/aromatic N) is 2.